The first-order valence-electron chi connectivity index (χ1n) is 11.8. The second kappa shape index (κ2) is 9.68. The predicted molar refractivity (Wildman–Crippen MR) is 135 cm³/mol. The molecule has 0 saturated carbocycles. The number of hydrogen-bond donors (Lipinski definition) is 1. The molecule has 0 fully saturated rings. The van der Waals surface area contributed by atoms with Crippen LogP contribution in [0.1, 0.15) is 22.3 Å². The van der Waals surface area contributed by atoms with Crippen molar-refractivity contribution in [2.45, 2.75) is 18.6 Å². The number of aliphatic hydroxyl groups is 1. The van der Waals surface area contributed by atoms with E-state index in [0.717, 1.165) is 18.5 Å². The quantitative estimate of drug-likeness (QED) is 0.483. The van der Waals surface area contributed by atoms with E-state index in [4.69, 9.17) is 18.9 Å². The van der Waals surface area contributed by atoms with Crippen molar-refractivity contribution in [3.8, 4) is 17.2 Å². The highest BCUT2D eigenvalue weighted by Crippen LogP contribution is 2.46. The average Bonchev–Trinajstić information content (AvgIpc) is 3.44. The van der Waals surface area contributed by atoms with Crippen LogP contribution >= 0.6 is 0 Å². The molecule has 0 radical (unpaired) electrons. The number of ether oxygens (including phenoxy) is 4. The van der Waals surface area contributed by atoms with Crippen LogP contribution in [-0.2, 0) is 28.2 Å². The number of nitrogens with zero attached hydrogens (tertiary/aromatic N) is 1. The Morgan fingerprint density at radius 2 is 1.72 bits per heavy atom. The second-order valence-corrected chi connectivity index (χ2v) is 9.23. The summed E-state index contributed by atoms with van der Waals surface area (Å²) in [5.74, 6) is -0.703. The highest BCUT2D eigenvalue weighted by Gasteiger charge is 2.48. The van der Waals surface area contributed by atoms with Gasteiger partial charge in [-0.05, 0) is 73.6 Å². The molecule has 7 heteroatoms. The van der Waals surface area contributed by atoms with E-state index in [1.165, 1.54) is 5.56 Å². The van der Waals surface area contributed by atoms with Crippen molar-refractivity contribution in [2.24, 2.45) is 0 Å². The average molecular weight is 488 g/mol. The lowest BCUT2D eigenvalue weighted by molar-refractivity contribution is -0.185. The topological polar surface area (TPSA) is 77.5 Å². The summed E-state index contributed by atoms with van der Waals surface area (Å²) in [4.78, 5) is 15.4. The van der Waals surface area contributed by atoms with Crippen molar-refractivity contribution in [1.82, 2.24) is 4.90 Å². The minimum atomic E-state index is -1.92. The van der Waals surface area contributed by atoms with Gasteiger partial charge < -0.3 is 29.0 Å². The maximum absolute atomic E-state index is 13.3. The van der Waals surface area contributed by atoms with Gasteiger partial charge in [0.05, 0.1) is 12.7 Å². The second-order valence-electron chi connectivity index (χ2n) is 9.23. The highest BCUT2D eigenvalue weighted by molar-refractivity contribution is 6.20. The molecule has 0 spiro atoms. The van der Waals surface area contributed by atoms with Crippen molar-refractivity contribution < 1.29 is 28.8 Å². The van der Waals surface area contributed by atoms with Gasteiger partial charge in [0, 0.05) is 24.1 Å². The van der Waals surface area contributed by atoms with Gasteiger partial charge in [-0.3, -0.25) is 0 Å². The Labute approximate surface area is 210 Å². The molecule has 1 atom stereocenters. The largest absolute Gasteiger partial charge is 0.497 e. The molecule has 2 aliphatic rings. The van der Waals surface area contributed by atoms with E-state index in [1.54, 1.807) is 49.6 Å². The zero-order chi connectivity index (χ0) is 25.3. The van der Waals surface area contributed by atoms with Crippen LogP contribution in [0.5, 0.6) is 17.2 Å². The highest BCUT2D eigenvalue weighted by atomic mass is 16.7. The van der Waals surface area contributed by atoms with Crippen molar-refractivity contribution in [3.63, 3.8) is 0 Å². The lowest BCUT2D eigenvalue weighted by atomic mass is 9.87. The Kier molecular flexibility index (Phi) is 6.43. The van der Waals surface area contributed by atoms with Crippen LogP contribution in [-0.4, -0.2) is 50.5 Å². The number of rotatable bonds is 8. The van der Waals surface area contributed by atoms with Crippen LogP contribution in [0.3, 0.4) is 0 Å². The van der Waals surface area contributed by atoms with Gasteiger partial charge in [0.1, 0.15) is 5.75 Å². The molecule has 0 amide bonds. The van der Waals surface area contributed by atoms with Gasteiger partial charge in [0.15, 0.2) is 11.5 Å². The Bertz CT molecular complexity index is 1310. The third-order valence-electron chi connectivity index (χ3n) is 6.52. The molecule has 0 saturated heterocycles. The maximum Gasteiger partial charge on any atom is 0.342 e. The summed E-state index contributed by atoms with van der Waals surface area (Å²) in [6.07, 6.45) is 1.22. The van der Waals surface area contributed by atoms with E-state index in [0.29, 0.717) is 45.9 Å². The first kappa shape index (κ1) is 23.9. The zero-order valence-electron chi connectivity index (χ0n) is 20.6. The number of carbonyl (C=O) groups excluding carboxylic acids is 1. The normalized spacial score (nSPS) is 18.6. The molecule has 1 unspecified atom stereocenters. The summed E-state index contributed by atoms with van der Waals surface area (Å²) in [6.45, 7) is 1.05. The molecular formula is C29H29NO6. The number of hydrogen-bond acceptors (Lipinski definition) is 7. The summed E-state index contributed by atoms with van der Waals surface area (Å²) in [5, 5.41) is 11.9. The molecule has 186 valence electrons. The zero-order valence-corrected chi connectivity index (χ0v) is 20.6. The van der Waals surface area contributed by atoms with E-state index in [9.17, 15) is 9.90 Å². The first-order chi connectivity index (χ1) is 17.4. The minimum Gasteiger partial charge on any atom is -0.497 e. The van der Waals surface area contributed by atoms with Gasteiger partial charge in [0.2, 0.25) is 6.79 Å². The molecule has 1 N–H and O–H groups in total. The number of methoxy groups -OCH3 is 1. The molecule has 0 aliphatic carbocycles. The first-order valence-corrected chi connectivity index (χ1v) is 11.8. The van der Waals surface area contributed by atoms with Crippen molar-refractivity contribution in [3.05, 3.63) is 94.6 Å². The number of likely N-dealkylation sites (N-methyl/N-ethyl adjacent to an activating group) is 1. The Morgan fingerprint density at radius 3 is 2.47 bits per heavy atom. The summed E-state index contributed by atoms with van der Waals surface area (Å²) < 4.78 is 21.9. The monoisotopic (exact) mass is 487 g/mol. The van der Waals surface area contributed by atoms with Gasteiger partial charge in [-0.2, -0.15) is 0 Å². The van der Waals surface area contributed by atoms with Crippen molar-refractivity contribution in [1.29, 1.82) is 0 Å². The summed E-state index contributed by atoms with van der Waals surface area (Å²) in [5.41, 5.74) is 4.01. The van der Waals surface area contributed by atoms with Gasteiger partial charge in [-0.25, -0.2) is 4.79 Å². The van der Waals surface area contributed by atoms with Gasteiger partial charge >= 0.3 is 5.97 Å². The van der Waals surface area contributed by atoms with Crippen LogP contribution in [0, 0.1) is 0 Å². The molecule has 0 aromatic heterocycles. The summed E-state index contributed by atoms with van der Waals surface area (Å²) in [7, 11) is 5.66. The molecule has 2 aliphatic heterocycles. The molecule has 3 aromatic carbocycles. The fourth-order valence-electron chi connectivity index (χ4n) is 4.59. The number of cyclic esters (lactones) is 1. The van der Waals surface area contributed by atoms with Crippen LogP contribution in [0.25, 0.3) is 5.57 Å². The smallest absolute Gasteiger partial charge is 0.342 e. The number of benzene rings is 3. The van der Waals surface area contributed by atoms with Crippen LogP contribution in [0.4, 0.5) is 0 Å². The van der Waals surface area contributed by atoms with Crippen molar-refractivity contribution in [2.75, 3.05) is 34.5 Å². The molecule has 5 rings (SSSR count). The standard InChI is InChI=1S/C29H29NO6/c1-30(2)14-13-19-5-4-6-20(15-19)16-24-27(21-7-12-25-26(17-21)35-18-34-25)28(31)36-29(24,32)22-8-10-23(33-3)11-9-22/h4-12,15,17,32H,13-14,16,18H2,1-3H3. The van der Waals surface area contributed by atoms with E-state index in [2.05, 4.69) is 17.0 Å². The number of carbonyl (C=O) groups is 1. The van der Waals surface area contributed by atoms with Crippen molar-refractivity contribution >= 4 is 11.5 Å². The van der Waals surface area contributed by atoms with Gasteiger partial charge in [0.25, 0.3) is 5.79 Å². The molecule has 3 aromatic rings. The maximum atomic E-state index is 13.3. The Hall–Kier alpha value is -3.81. The summed E-state index contributed by atoms with van der Waals surface area (Å²) in [6, 6.07) is 20.4. The van der Waals surface area contributed by atoms with Crippen LogP contribution in [0.15, 0.2) is 72.3 Å². The lowest BCUT2D eigenvalue weighted by Gasteiger charge is -2.26. The number of fused-ring (bicyclic) bond motifs is 1. The number of esters is 1. The summed E-state index contributed by atoms with van der Waals surface area (Å²) >= 11 is 0. The molecule has 7 nitrogen and oxygen atoms in total. The fourth-order valence-corrected chi connectivity index (χ4v) is 4.59. The van der Waals surface area contributed by atoms with Crippen LogP contribution < -0.4 is 14.2 Å². The molecule has 2 heterocycles. The predicted octanol–water partition coefficient (Wildman–Crippen LogP) is 3.93. The Balaban J connectivity index is 1.60. The van der Waals surface area contributed by atoms with E-state index >= 15 is 0 Å². The van der Waals surface area contributed by atoms with E-state index < -0.39 is 11.8 Å². The van der Waals surface area contributed by atoms with E-state index in [1.807, 2.05) is 26.2 Å². The molecule has 36 heavy (non-hydrogen) atoms. The van der Waals surface area contributed by atoms with Gasteiger partial charge in [-0.1, -0.05) is 30.3 Å². The third kappa shape index (κ3) is 4.55. The Morgan fingerprint density at radius 1 is 0.972 bits per heavy atom. The molecule has 0 bridgehead atoms. The molecular weight excluding hydrogens is 458 g/mol. The minimum absolute atomic E-state index is 0.130. The van der Waals surface area contributed by atoms with Gasteiger partial charge in [-0.15, -0.1) is 0 Å². The van der Waals surface area contributed by atoms with E-state index in [-0.39, 0.29) is 6.79 Å². The third-order valence-corrected chi connectivity index (χ3v) is 6.52. The SMILES string of the molecule is COc1ccc(C2(O)OC(=O)C(c3ccc4c(c3)OCO4)=C2Cc2cccc(CCN(C)C)c2)cc1. The fraction of sp³-hybridized carbons (Fsp3) is 0.276. The van der Waals surface area contributed by atoms with Crippen LogP contribution in [0.2, 0.25) is 0 Å². The lowest BCUT2D eigenvalue weighted by Crippen LogP contribution is -2.29.